The van der Waals surface area contributed by atoms with E-state index < -0.39 is 0 Å². The van der Waals surface area contributed by atoms with E-state index in [4.69, 9.17) is 4.42 Å². The summed E-state index contributed by atoms with van der Waals surface area (Å²) in [5.74, 6) is 0.949. The first-order valence-corrected chi connectivity index (χ1v) is 6.10. The van der Waals surface area contributed by atoms with Crippen LogP contribution in [0.5, 0.6) is 0 Å². The summed E-state index contributed by atoms with van der Waals surface area (Å²) in [4.78, 5) is 10.7. The smallest absolute Gasteiger partial charge is 0.216 e. The van der Waals surface area contributed by atoms with Gasteiger partial charge in [-0.1, -0.05) is 18.2 Å². The molecule has 0 saturated heterocycles. The molecule has 1 heterocycles. The molecule has 2 N–H and O–H groups in total. The summed E-state index contributed by atoms with van der Waals surface area (Å²) in [6.45, 7) is 5.64. The standard InChI is InChI=1S/C14H18N2O2/c1-10-13(9-15-7-8-16-11(2)17)12-5-3-4-6-14(12)18-10/h3-6,15H,7-9H2,1-2H3,(H,16,17). The van der Waals surface area contributed by atoms with Crippen LogP contribution in [0.3, 0.4) is 0 Å². The summed E-state index contributed by atoms with van der Waals surface area (Å²) in [6.07, 6.45) is 0. The first-order chi connectivity index (χ1) is 8.68. The van der Waals surface area contributed by atoms with E-state index in [-0.39, 0.29) is 5.91 Å². The fourth-order valence-electron chi connectivity index (χ4n) is 1.98. The number of nitrogens with one attached hydrogen (secondary N) is 2. The Bertz CT molecular complexity index is 546. The molecule has 0 aliphatic carbocycles. The molecule has 0 fully saturated rings. The van der Waals surface area contributed by atoms with E-state index in [0.29, 0.717) is 6.54 Å². The second kappa shape index (κ2) is 5.69. The SMILES string of the molecule is CC(=O)NCCNCc1c(C)oc2ccccc12. The summed E-state index contributed by atoms with van der Waals surface area (Å²) < 4.78 is 5.68. The third-order valence-corrected chi connectivity index (χ3v) is 2.88. The monoisotopic (exact) mass is 246 g/mol. The minimum absolute atomic E-state index is 0.00161. The Morgan fingerprint density at radius 2 is 2.06 bits per heavy atom. The van der Waals surface area contributed by atoms with Crippen molar-refractivity contribution in [2.45, 2.75) is 20.4 Å². The first kappa shape index (κ1) is 12.6. The molecule has 0 radical (unpaired) electrons. The highest BCUT2D eigenvalue weighted by Crippen LogP contribution is 2.24. The van der Waals surface area contributed by atoms with Crippen molar-refractivity contribution in [1.29, 1.82) is 0 Å². The van der Waals surface area contributed by atoms with Gasteiger partial charge in [0.15, 0.2) is 0 Å². The summed E-state index contributed by atoms with van der Waals surface area (Å²) >= 11 is 0. The molecule has 0 unspecified atom stereocenters. The van der Waals surface area contributed by atoms with Gasteiger partial charge in [0.1, 0.15) is 11.3 Å². The Morgan fingerprint density at radius 3 is 2.83 bits per heavy atom. The van der Waals surface area contributed by atoms with Gasteiger partial charge in [0, 0.05) is 37.5 Å². The summed E-state index contributed by atoms with van der Waals surface area (Å²) in [7, 11) is 0. The maximum Gasteiger partial charge on any atom is 0.216 e. The van der Waals surface area contributed by atoms with Gasteiger partial charge in [-0.2, -0.15) is 0 Å². The molecule has 1 aromatic carbocycles. The van der Waals surface area contributed by atoms with Crippen molar-refractivity contribution in [2.75, 3.05) is 13.1 Å². The molecular weight excluding hydrogens is 228 g/mol. The van der Waals surface area contributed by atoms with Crippen molar-refractivity contribution in [3.05, 3.63) is 35.6 Å². The van der Waals surface area contributed by atoms with Gasteiger partial charge in [-0.05, 0) is 13.0 Å². The van der Waals surface area contributed by atoms with Gasteiger partial charge in [0.25, 0.3) is 0 Å². The van der Waals surface area contributed by atoms with Crippen molar-refractivity contribution < 1.29 is 9.21 Å². The molecule has 4 heteroatoms. The van der Waals surface area contributed by atoms with E-state index in [0.717, 1.165) is 29.8 Å². The molecule has 0 aliphatic heterocycles. The van der Waals surface area contributed by atoms with Gasteiger partial charge in [-0.3, -0.25) is 4.79 Å². The predicted molar refractivity (Wildman–Crippen MR) is 71.3 cm³/mol. The maximum atomic E-state index is 10.7. The predicted octanol–water partition coefficient (Wildman–Crippen LogP) is 1.97. The summed E-state index contributed by atoms with van der Waals surface area (Å²) in [6, 6.07) is 8.02. The quantitative estimate of drug-likeness (QED) is 0.793. The van der Waals surface area contributed by atoms with Gasteiger partial charge < -0.3 is 15.1 Å². The van der Waals surface area contributed by atoms with E-state index in [2.05, 4.69) is 16.7 Å². The van der Waals surface area contributed by atoms with Gasteiger partial charge in [-0.25, -0.2) is 0 Å². The average molecular weight is 246 g/mol. The summed E-state index contributed by atoms with van der Waals surface area (Å²) in [5.41, 5.74) is 2.11. The molecule has 2 rings (SSSR count). The zero-order valence-electron chi connectivity index (χ0n) is 10.7. The second-order valence-corrected chi connectivity index (χ2v) is 4.29. The maximum absolute atomic E-state index is 10.7. The molecule has 4 nitrogen and oxygen atoms in total. The van der Waals surface area contributed by atoms with Crippen LogP contribution in [0, 0.1) is 6.92 Å². The lowest BCUT2D eigenvalue weighted by Gasteiger charge is -2.05. The first-order valence-electron chi connectivity index (χ1n) is 6.10. The Morgan fingerprint density at radius 1 is 1.28 bits per heavy atom. The average Bonchev–Trinajstić information content (AvgIpc) is 2.65. The highest BCUT2D eigenvalue weighted by Gasteiger charge is 2.09. The number of amides is 1. The van der Waals surface area contributed by atoms with Crippen molar-refractivity contribution in [3.8, 4) is 0 Å². The van der Waals surface area contributed by atoms with Crippen LogP contribution >= 0.6 is 0 Å². The normalized spacial score (nSPS) is 10.8. The number of aryl methyl sites for hydroxylation is 1. The van der Waals surface area contributed by atoms with Crippen molar-refractivity contribution in [2.24, 2.45) is 0 Å². The molecule has 96 valence electrons. The summed E-state index contributed by atoms with van der Waals surface area (Å²) in [5, 5.41) is 7.21. The number of hydrogen-bond donors (Lipinski definition) is 2. The number of carbonyl (C=O) groups is 1. The van der Waals surface area contributed by atoms with E-state index in [1.165, 1.54) is 12.5 Å². The van der Waals surface area contributed by atoms with Gasteiger partial charge in [-0.15, -0.1) is 0 Å². The molecule has 0 aliphatic rings. The largest absolute Gasteiger partial charge is 0.461 e. The molecule has 1 aromatic heterocycles. The Kier molecular flexibility index (Phi) is 3.99. The molecule has 0 saturated carbocycles. The third kappa shape index (κ3) is 2.90. The second-order valence-electron chi connectivity index (χ2n) is 4.29. The van der Waals surface area contributed by atoms with Crippen LogP contribution in [0.25, 0.3) is 11.0 Å². The molecule has 2 aromatic rings. The zero-order chi connectivity index (χ0) is 13.0. The number of furan rings is 1. The van der Waals surface area contributed by atoms with Crippen LogP contribution in [0.2, 0.25) is 0 Å². The van der Waals surface area contributed by atoms with Crippen LogP contribution in [-0.2, 0) is 11.3 Å². The Balaban J connectivity index is 1.95. The molecule has 1 amide bonds. The van der Waals surface area contributed by atoms with Crippen LogP contribution in [0.15, 0.2) is 28.7 Å². The zero-order valence-corrected chi connectivity index (χ0v) is 10.7. The number of benzene rings is 1. The van der Waals surface area contributed by atoms with Crippen molar-refractivity contribution in [3.63, 3.8) is 0 Å². The van der Waals surface area contributed by atoms with Gasteiger partial charge in [0.05, 0.1) is 0 Å². The lowest BCUT2D eigenvalue weighted by molar-refractivity contribution is -0.118. The number of fused-ring (bicyclic) bond motifs is 1. The van der Waals surface area contributed by atoms with Crippen molar-refractivity contribution >= 4 is 16.9 Å². The van der Waals surface area contributed by atoms with E-state index >= 15 is 0 Å². The molecular formula is C14H18N2O2. The fraction of sp³-hybridized carbons (Fsp3) is 0.357. The lowest BCUT2D eigenvalue weighted by Crippen LogP contribution is -2.29. The highest BCUT2D eigenvalue weighted by atomic mass is 16.3. The number of rotatable bonds is 5. The molecule has 0 atom stereocenters. The number of hydrogen-bond acceptors (Lipinski definition) is 3. The van der Waals surface area contributed by atoms with Crippen LogP contribution in [0.1, 0.15) is 18.2 Å². The minimum atomic E-state index is 0.00161. The number of carbonyl (C=O) groups excluding carboxylic acids is 1. The topological polar surface area (TPSA) is 54.3 Å². The van der Waals surface area contributed by atoms with E-state index in [1.54, 1.807) is 0 Å². The van der Waals surface area contributed by atoms with Gasteiger partial charge >= 0.3 is 0 Å². The minimum Gasteiger partial charge on any atom is -0.461 e. The lowest BCUT2D eigenvalue weighted by atomic mass is 10.1. The van der Waals surface area contributed by atoms with Crippen LogP contribution in [-0.4, -0.2) is 19.0 Å². The van der Waals surface area contributed by atoms with E-state index in [9.17, 15) is 4.79 Å². The third-order valence-electron chi connectivity index (χ3n) is 2.88. The molecule has 18 heavy (non-hydrogen) atoms. The van der Waals surface area contributed by atoms with Crippen LogP contribution < -0.4 is 10.6 Å². The molecule has 0 bridgehead atoms. The Labute approximate surface area is 106 Å². The van der Waals surface area contributed by atoms with E-state index in [1.807, 2.05) is 25.1 Å². The molecule has 0 spiro atoms. The van der Waals surface area contributed by atoms with Crippen molar-refractivity contribution in [1.82, 2.24) is 10.6 Å². The fourth-order valence-corrected chi connectivity index (χ4v) is 1.98. The Hall–Kier alpha value is -1.81. The highest BCUT2D eigenvalue weighted by molar-refractivity contribution is 5.82. The van der Waals surface area contributed by atoms with Crippen LogP contribution in [0.4, 0.5) is 0 Å². The number of para-hydroxylation sites is 1. The van der Waals surface area contributed by atoms with Gasteiger partial charge in [0.2, 0.25) is 5.91 Å².